The van der Waals surface area contributed by atoms with Crippen LogP contribution in [0.15, 0.2) is 24.4 Å². The van der Waals surface area contributed by atoms with Crippen molar-refractivity contribution < 1.29 is 30.9 Å². The summed E-state index contributed by atoms with van der Waals surface area (Å²) in [6, 6.07) is 4.45. The molecule has 0 aromatic carbocycles. The number of carboxylic acid groups (broad SMARTS) is 1. The van der Waals surface area contributed by atoms with E-state index in [1.807, 2.05) is 0 Å². The zero-order valence-corrected chi connectivity index (χ0v) is 8.34. The van der Waals surface area contributed by atoms with Crippen molar-refractivity contribution in [2.75, 3.05) is 7.04 Å². The van der Waals surface area contributed by atoms with Gasteiger partial charge in [0.15, 0.2) is 11.9 Å². The van der Waals surface area contributed by atoms with Crippen molar-refractivity contribution in [1.82, 2.24) is 0 Å². The summed E-state index contributed by atoms with van der Waals surface area (Å²) in [4.78, 5) is 22.3. The van der Waals surface area contributed by atoms with Crippen LogP contribution >= 0.6 is 0 Å². The molecule has 0 bridgehead atoms. The molecule has 5 nitrogen and oxygen atoms in total. The van der Waals surface area contributed by atoms with Crippen molar-refractivity contribution in [1.29, 1.82) is 0 Å². The molecule has 0 fully saturated rings. The number of carboxylic acids is 1. The monoisotopic (exact) mass is 229 g/mol. The molecule has 1 rings (SSSR count). The Balaban J connectivity index is 2.86. The molecule has 0 saturated carbocycles. The summed E-state index contributed by atoms with van der Waals surface area (Å²) in [5.41, 5.74) is 0.229. The minimum absolute atomic E-state index is 0.0530. The molecule has 0 atom stereocenters. The van der Waals surface area contributed by atoms with E-state index in [9.17, 15) is 9.59 Å². The van der Waals surface area contributed by atoms with Crippen molar-refractivity contribution in [2.45, 2.75) is 19.3 Å². The fraction of sp³-hybridized carbons (Fsp3) is 0.364. The third-order valence-corrected chi connectivity index (χ3v) is 1.86. The molecular weight excluding hydrogens is 210 g/mol. The first-order valence-corrected chi connectivity index (χ1v) is 4.49. The second kappa shape index (κ2) is 5.85. The van der Waals surface area contributed by atoms with Gasteiger partial charge in [0, 0.05) is 18.6 Å². The Morgan fingerprint density at radius 2 is 2.44 bits per heavy atom. The Hall–Kier alpha value is -1.91. The third-order valence-electron chi connectivity index (χ3n) is 1.86. The van der Waals surface area contributed by atoms with Crippen molar-refractivity contribution in [3.05, 3.63) is 30.1 Å². The van der Waals surface area contributed by atoms with Gasteiger partial charge >= 0.3 is 11.9 Å². The highest BCUT2D eigenvalue weighted by Crippen LogP contribution is 1.98. The van der Waals surface area contributed by atoms with Crippen LogP contribution < -0.4 is 4.57 Å². The van der Waals surface area contributed by atoms with E-state index >= 15 is 0 Å². The fourth-order valence-electron chi connectivity index (χ4n) is 1.18. The number of pyridine rings is 1. The average Bonchev–Trinajstić information content (AvgIpc) is 2.34. The van der Waals surface area contributed by atoms with Gasteiger partial charge in [-0.25, -0.2) is 4.79 Å². The van der Waals surface area contributed by atoms with Crippen LogP contribution in [0.2, 0.25) is 0 Å². The van der Waals surface area contributed by atoms with E-state index in [0.717, 1.165) is 4.57 Å². The Labute approximate surface area is 100 Å². The van der Waals surface area contributed by atoms with Crippen molar-refractivity contribution in [3.63, 3.8) is 0 Å². The third kappa shape index (κ3) is 3.68. The molecule has 0 radical (unpaired) electrons. The lowest BCUT2D eigenvalue weighted by Crippen LogP contribution is -2.41. The first kappa shape index (κ1) is 6.62. The van der Waals surface area contributed by atoms with Crippen LogP contribution in [0.4, 0.5) is 0 Å². The standard InChI is InChI=1S/C11H13NO4/c1-16-11(15)6-5-9-4-2-3-7-12(9)8-10(13)14/h2-4,7H,5-6,8H2,1H3/p+1/i1D3,8D2. The van der Waals surface area contributed by atoms with Crippen LogP contribution in [0.1, 0.15) is 19.0 Å². The minimum atomic E-state index is -2.83. The molecule has 0 aliphatic carbocycles. The average molecular weight is 229 g/mol. The summed E-state index contributed by atoms with van der Waals surface area (Å²) in [6.45, 7) is -2.68. The molecule has 0 spiro atoms. The molecule has 0 amide bonds. The first-order valence-electron chi connectivity index (χ1n) is 6.99. The topological polar surface area (TPSA) is 67.5 Å². The van der Waals surface area contributed by atoms with Gasteiger partial charge in [0.2, 0.25) is 6.50 Å². The molecule has 0 unspecified atom stereocenters. The van der Waals surface area contributed by atoms with Crippen LogP contribution in [-0.2, 0) is 27.2 Å². The second-order valence-corrected chi connectivity index (χ2v) is 2.95. The summed E-state index contributed by atoms with van der Waals surface area (Å²) in [5.74, 6) is -2.65. The number of hydrogen-bond acceptors (Lipinski definition) is 3. The van der Waals surface area contributed by atoms with E-state index in [2.05, 4.69) is 4.74 Å². The number of carbonyl (C=O) groups is 2. The predicted octanol–water partition coefficient (Wildman–Crippen LogP) is 0.164. The van der Waals surface area contributed by atoms with E-state index in [0.29, 0.717) is 0 Å². The summed E-state index contributed by atoms with van der Waals surface area (Å²) in [7, 11) is -2.83. The maximum atomic E-state index is 11.3. The minimum Gasteiger partial charge on any atom is -0.477 e. The lowest BCUT2D eigenvalue weighted by Gasteiger charge is -2.01. The number of aromatic nitrogens is 1. The number of aliphatic carboxylic acids is 1. The Bertz CT molecular complexity index is 544. The van der Waals surface area contributed by atoms with Crippen molar-refractivity contribution >= 4 is 11.9 Å². The summed E-state index contributed by atoms with van der Waals surface area (Å²) in [6.07, 6.45) is 0.874. The first-order chi connectivity index (χ1) is 9.54. The van der Waals surface area contributed by atoms with Crippen LogP contribution in [0.3, 0.4) is 0 Å². The highest BCUT2D eigenvalue weighted by molar-refractivity contribution is 5.69. The summed E-state index contributed by atoms with van der Waals surface area (Å²) >= 11 is 0. The van der Waals surface area contributed by atoms with Crippen LogP contribution in [0, 0.1) is 0 Å². The van der Waals surface area contributed by atoms with Crippen molar-refractivity contribution in [2.24, 2.45) is 0 Å². The molecular formula is C11H14NO4+. The van der Waals surface area contributed by atoms with E-state index in [1.165, 1.54) is 18.3 Å². The number of methoxy groups -OCH3 is 1. The Morgan fingerprint density at radius 3 is 3.12 bits per heavy atom. The van der Waals surface area contributed by atoms with Crippen molar-refractivity contribution in [3.8, 4) is 0 Å². The number of aryl methyl sites for hydroxylation is 1. The van der Waals surface area contributed by atoms with Gasteiger partial charge in [0.1, 0.15) is 2.74 Å². The lowest BCUT2D eigenvalue weighted by molar-refractivity contribution is -0.693. The number of esters is 1. The molecule has 5 heteroatoms. The number of nitrogens with zero attached hydrogens (tertiary/aromatic N) is 1. The molecule has 1 heterocycles. The molecule has 86 valence electrons. The number of ether oxygens (including phenoxy) is 1. The van der Waals surface area contributed by atoms with E-state index < -0.39 is 25.5 Å². The lowest BCUT2D eigenvalue weighted by atomic mass is 10.2. The summed E-state index contributed by atoms with van der Waals surface area (Å²) < 4.78 is 40.5. The predicted molar refractivity (Wildman–Crippen MR) is 54.6 cm³/mol. The van der Waals surface area contributed by atoms with Crippen LogP contribution in [-0.4, -0.2) is 24.1 Å². The molecule has 1 aromatic heterocycles. The molecule has 1 N–H and O–H groups in total. The normalized spacial score (nSPS) is 16.1. The SMILES string of the molecule is [2H]C([2H])([2H])OC(=O)CCc1cccc[n+]1C([2H])([2H])C(=O)O. The van der Waals surface area contributed by atoms with Crippen LogP contribution in [0.25, 0.3) is 0 Å². The smallest absolute Gasteiger partial charge is 0.370 e. The maximum Gasteiger partial charge on any atom is 0.370 e. The van der Waals surface area contributed by atoms with Crippen LogP contribution in [0.5, 0.6) is 0 Å². The fourth-order valence-corrected chi connectivity index (χ4v) is 1.18. The number of rotatable bonds is 5. The molecule has 16 heavy (non-hydrogen) atoms. The highest BCUT2D eigenvalue weighted by Gasteiger charge is 2.14. The van der Waals surface area contributed by atoms with Gasteiger partial charge in [0.05, 0.1) is 17.6 Å². The highest BCUT2D eigenvalue weighted by atomic mass is 16.5. The van der Waals surface area contributed by atoms with Gasteiger partial charge < -0.3 is 9.84 Å². The van der Waals surface area contributed by atoms with E-state index in [4.69, 9.17) is 12.0 Å². The second-order valence-electron chi connectivity index (χ2n) is 2.95. The maximum absolute atomic E-state index is 11.3. The number of carbonyl (C=O) groups excluding carboxylic acids is 1. The zero-order valence-electron chi connectivity index (χ0n) is 13.3. The van der Waals surface area contributed by atoms with Gasteiger partial charge in [0.25, 0.3) is 0 Å². The number of hydrogen-bond donors (Lipinski definition) is 1. The molecule has 0 aliphatic rings. The van der Waals surface area contributed by atoms with Gasteiger partial charge in [-0.3, -0.25) is 4.79 Å². The Morgan fingerprint density at radius 1 is 1.62 bits per heavy atom. The zero-order chi connectivity index (χ0) is 16.3. The molecule has 1 aromatic rings. The van der Waals surface area contributed by atoms with Gasteiger partial charge in [-0.15, -0.1) is 0 Å². The largest absolute Gasteiger partial charge is 0.477 e. The molecule has 0 aliphatic heterocycles. The van der Waals surface area contributed by atoms with Gasteiger partial charge in [-0.2, -0.15) is 4.57 Å². The Kier molecular flexibility index (Phi) is 2.42. The summed E-state index contributed by atoms with van der Waals surface area (Å²) in [5, 5.41) is 8.89. The van der Waals surface area contributed by atoms with Gasteiger partial charge in [-0.1, -0.05) is 6.07 Å². The van der Waals surface area contributed by atoms with E-state index in [-0.39, 0.29) is 18.5 Å². The van der Waals surface area contributed by atoms with Gasteiger partial charge in [-0.05, 0) is 0 Å². The quantitative estimate of drug-likeness (QED) is 0.577. The molecule has 0 saturated heterocycles. The van der Waals surface area contributed by atoms with E-state index in [1.54, 1.807) is 6.07 Å².